The lowest BCUT2D eigenvalue weighted by Gasteiger charge is -2.29. The van der Waals surface area contributed by atoms with E-state index in [1.807, 2.05) is 6.07 Å². The number of hydrogen-bond acceptors (Lipinski definition) is 3. The Kier molecular flexibility index (Phi) is 5.42. The largest absolute Gasteiger partial charge is 0.377 e. The van der Waals surface area contributed by atoms with Crippen molar-refractivity contribution in [2.45, 2.75) is 38.8 Å². The first-order valence-corrected chi connectivity index (χ1v) is 7.09. The van der Waals surface area contributed by atoms with Gasteiger partial charge in [-0.3, -0.25) is 9.88 Å². The van der Waals surface area contributed by atoms with Gasteiger partial charge in [0.15, 0.2) is 0 Å². The van der Waals surface area contributed by atoms with E-state index in [4.69, 9.17) is 16.3 Å². The van der Waals surface area contributed by atoms with Gasteiger partial charge < -0.3 is 4.74 Å². The van der Waals surface area contributed by atoms with E-state index >= 15 is 0 Å². The molecule has 0 spiro atoms. The fourth-order valence-electron chi connectivity index (χ4n) is 2.32. The van der Waals surface area contributed by atoms with E-state index < -0.39 is 0 Å². The number of likely N-dealkylation sites (N-methyl/N-ethyl adjacent to an activating group) is 1. The molecule has 1 fully saturated rings. The highest BCUT2D eigenvalue weighted by Gasteiger charge is 2.17. The molecule has 1 aromatic heterocycles. The molecule has 1 unspecified atom stereocenters. The predicted octanol–water partition coefficient (Wildman–Crippen LogP) is 3.13. The zero-order valence-electron chi connectivity index (χ0n) is 10.9. The van der Waals surface area contributed by atoms with Gasteiger partial charge in [-0.15, -0.1) is 0 Å². The Hall–Kier alpha value is -0.640. The third kappa shape index (κ3) is 3.94. The highest BCUT2D eigenvalue weighted by Crippen LogP contribution is 2.18. The molecule has 1 atom stereocenters. The molecule has 0 bridgehead atoms. The van der Waals surface area contributed by atoms with Gasteiger partial charge in [-0.25, -0.2) is 0 Å². The Morgan fingerprint density at radius 3 is 3.06 bits per heavy atom. The van der Waals surface area contributed by atoms with Gasteiger partial charge in [0.1, 0.15) is 0 Å². The van der Waals surface area contributed by atoms with Crippen LogP contribution >= 0.6 is 11.6 Å². The second-order valence-corrected chi connectivity index (χ2v) is 5.19. The predicted molar refractivity (Wildman–Crippen MR) is 73.8 cm³/mol. The van der Waals surface area contributed by atoms with Crippen molar-refractivity contribution in [1.29, 1.82) is 0 Å². The molecule has 100 valence electrons. The standard InChI is InChI=1S/C14H21ClN2O/c1-2-17(11-13-5-3-4-8-18-13)10-12-6-7-16-9-14(12)15/h6-7,9,13H,2-5,8,10-11H2,1H3. The van der Waals surface area contributed by atoms with Crippen LogP contribution in [0.3, 0.4) is 0 Å². The van der Waals surface area contributed by atoms with E-state index in [2.05, 4.69) is 16.8 Å². The first kappa shape index (κ1) is 13.8. The normalized spacial score (nSPS) is 20.3. The lowest BCUT2D eigenvalue weighted by molar-refractivity contribution is -0.00623. The number of pyridine rings is 1. The molecular weight excluding hydrogens is 248 g/mol. The third-order valence-corrected chi connectivity index (χ3v) is 3.77. The molecule has 1 aliphatic heterocycles. The zero-order valence-corrected chi connectivity index (χ0v) is 11.7. The van der Waals surface area contributed by atoms with Crippen LogP contribution in [0.5, 0.6) is 0 Å². The van der Waals surface area contributed by atoms with Crippen LogP contribution in [0.2, 0.25) is 5.02 Å². The van der Waals surface area contributed by atoms with Crippen molar-refractivity contribution in [3.8, 4) is 0 Å². The van der Waals surface area contributed by atoms with E-state index in [1.54, 1.807) is 12.4 Å². The summed E-state index contributed by atoms with van der Waals surface area (Å²) in [7, 11) is 0. The van der Waals surface area contributed by atoms with Crippen molar-refractivity contribution >= 4 is 11.6 Å². The summed E-state index contributed by atoms with van der Waals surface area (Å²) in [6, 6.07) is 1.99. The summed E-state index contributed by atoms with van der Waals surface area (Å²) in [6.07, 6.45) is 7.57. The molecule has 1 aromatic rings. The minimum absolute atomic E-state index is 0.388. The average molecular weight is 269 g/mol. The Morgan fingerprint density at radius 2 is 2.39 bits per heavy atom. The lowest BCUT2D eigenvalue weighted by Crippen LogP contribution is -2.35. The van der Waals surface area contributed by atoms with Crippen LogP contribution in [-0.2, 0) is 11.3 Å². The molecule has 0 aromatic carbocycles. The molecule has 0 N–H and O–H groups in total. The zero-order chi connectivity index (χ0) is 12.8. The van der Waals surface area contributed by atoms with Crippen molar-refractivity contribution in [2.75, 3.05) is 19.7 Å². The molecule has 1 saturated heterocycles. The highest BCUT2D eigenvalue weighted by molar-refractivity contribution is 6.31. The molecule has 2 heterocycles. The minimum atomic E-state index is 0.388. The SMILES string of the molecule is CCN(Cc1ccncc1Cl)CC1CCCCO1. The van der Waals surface area contributed by atoms with E-state index in [9.17, 15) is 0 Å². The molecule has 0 aliphatic carbocycles. The molecule has 1 aliphatic rings. The van der Waals surface area contributed by atoms with Gasteiger partial charge in [0.05, 0.1) is 11.1 Å². The second-order valence-electron chi connectivity index (χ2n) is 4.78. The maximum Gasteiger partial charge on any atom is 0.0702 e. The van der Waals surface area contributed by atoms with Crippen molar-refractivity contribution in [3.05, 3.63) is 29.0 Å². The number of rotatable bonds is 5. The Labute approximate surface area is 114 Å². The maximum atomic E-state index is 6.15. The van der Waals surface area contributed by atoms with E-state index in [-0.39, 0.29) is 0 Å². The van der Waals surface area contributed by atoms with E-state index in [1.165, 1.54) is 19.3 Å². The minimum Gasteiger partial charge on any atom is -0.377 e. The van der Waals surface area contributed by atoms with Crippen molar-refractivity contribution in [3.63, 3.8) is 0 Å². The molecule has 18 heavy (non-hydrogen) atoms. The van der Waals surface area contributed by atoms with Gasteiger partial charge >= 0.3 is 0 Å². The van der Waals surface area contributed by atoms with Gasteiger partial charge in [0.2, 0.25) is 0 Å². The van der Waals surface area contributed by atoms with Gasteiger partial charge in [-0.05, 0) is 37.4 Å². The van der Waals surface area contributed by atoms with Gasteiger partial charge in [-0.1, -0.05) is 18.5 Å². The molecular formula is C14H21ClN2O. The smallest absolute Gasteiger partial charge is 0.0702 e. The van der Waals surface area contributed by atoms with Gasteiger partial charge in [0.25, 0.3) is 0 Å². The van der Waals surface area contributed by atoms with Crippen LogP contribution in [0.25, 0.3) is 0 Å². The van der Waals surface area contributed by atoms with Crippen LogP contribution in [0.1, 0.15) is 31.7 Å². The fraction of sp³-hybridized carbons (Fsp3) is 0.643. The maximum absolute atomic E-state index is 6.15. The van der Waals surface area contributed by atoms with Gasteiger partial charge in [0, 0.05) is 32.1 Å². The molecule has 0 saturated carbocycles. The average Bonchev–Trinajstić information content (AvgIpc) is 2.41. The quantitative estimate of drug-likeness (QED) is 0.820. The Balaban J connectivity index is 1.90. The number of halogens is 1. The first-order chi connectivity index (χ1) is 8.79. The van der Waals surface area contributed by atoms with Crippen LogP contribution in [-0.4, -0.2) is 35.7 Å². The summed E-state index contributed by atoms with van der Waals surface area (Å²) in [4.78, 5) is 6.40. The molecule has 0 amide bonds. The van der Waals surface area contributed by atoms with Crippen molar-refractivity contribution < 1.29 is 4.74 Å². The third-order valence-electron chi connectivity index (χ3n) is 3.43. The number of hydrogen-bond donors (Lipinski definition) is 0. The molecule has 3 nitrogen and oxygen atoms in total. The summed E-state index contributed by atoms with van der Waals surface area (Å²) in [5.74, 6) is 0. The summed E-state index contributed by atoms with van der Waals surface area (Å²) >= 11 is 6.15. The Morgan fingerprint density at radius 1 is 1.50 bits per heavy atom. The highest BCUT2D eigenvalue weighted by atomic mass is 35.5. The lowest BCUT2D eigenvalue weighted by atomic mass is 10.1. The van der Waals surface area contributed by atoms with Crippen LogP contribution in [0.4, 0.5) is 0 Å². The van der Waals surface area contributed by atoms with Crippen molar-refractivity contribution in [1.82, 2.24) is 9.88 Å². The molecule has 0 radical (unpaired) electrons. The summed E-state index contributed by atoms with van der Waals surface area (Å²) in [6.45, 7) is 5.97. The van der Waals surface area contributed by atoms with Crippen LogP contribution in [0.15, 0.2) is 18.5 Å². The molecule has 4 heteroatoms. The molecule has 2 rings (SSSR count). The van der Waals surface area contributed by atoms with E-state index in [0.29, 0.717) is 6.10 Å². The first-order valence-electron chi connectivity index (χ1n) is 6.72. The second kappa shape index (κ2) is 7.07. The van der Waals surface area contributed by atoms with Crippen LogP contribution < -0.4 is 0 Å². The number of aromatic nitrogens is 1. The summed E-state index contributed by atoms with van der Waals surface area (Å²) < 4.78 is 5.79. The number of nitrogens with zero attached hydrogens (tertiary/aromatic N) is 2. The van der Waals surface area contributed by atoms with Crippen molar-refractivity contribution in [2.24, 2.45) is 0 Å². The Bertz CT molecular complexity index is 367. The van der Waals surface area contributed by atoms with Gasteiger partial charge in [-0.2, -0.15) is 0 Å². The number of ether oxygens (including phenoxy) is 1. The fourth-order valence-corrected chi connectivity index (χ4v) is 2.50. The summed E-state index contributed by atoms with van der Waals surface area (Å²) in [5, 5.41) is 0.750. The summed E-state index contributed by atoms with van der Waals surface area (Å²) in [5.41, 5.74) is 1.14. The monoisotopic (exact) mass is 268 g/mol. The van der Waals surface area contributed by atoms with E-state index in [0.717, 1.165) is 36.8 Å². The van der Waals surface area contributed by atoms with Crippen LogP contribution in [0, 0.1) is 0 Å². The topological polar surface area (TPSA) is 25.4 Å².